The second-order valence-electron chi connectivity index (χ2n) is 0.448. The Morgan fingerprint density at radius 2 is 1.14 bits per heavy atom. The van der Waals surface area contributed by atoms with Crippen LogP contribution in [0.5, 0.6) is 0 Å². The third kappa shape index (κ3) is 5200. The van der Waals surface area contributed by atoms with Crippen molar-refractivity contribution in [3.63, 3.8) is 0 Å². The summed E-state index contributed by atoms with van der Waals surface area (Å²) in [6.45, 7) is 4.00. The molecule has 0 atom stereocenters. The Morgan fingerprint density at radius 1 is 1.14 bits per heavy atom. The van der Waals surface area contributed by atoms with E-state index in [4.69, 9.17) is 17.5 Å². The monoisotopic (exact) mass is 128 g/mol. The Bertz CT molecular complexity index is 92.9. The lowest BCUT2D eigenvalue weighted by molar-refractivity contribution is 0.381. The number of rotatable bonds is 0. The zero-order chi connectivity index (χ0) is 6.50. The van der Waals surface area contributed by atoms with Gasteiger partial charge in [0.25, 0.3) is 0 Å². The van der Waals surface area contributed by atoms with Crippen LogP contribution in [-0.2, 0) is 10.4 Å². The van der Waals surface area contributed by atoms with Crippen molar-refractivity contribution in [3.05, 3.63) is 0 Å². The fourth-order valence-corrected chi connectivity index (χ4v) is 0. The van der Waals surface area contributed by atoms with Gasteiger partial charge < -0.3 is 0 Å². The summed E-state index contributed by atoms with van der Waals surface area (Å²) in [6.07, 6.45) is 0. The Balaban J connectivity index is 0. The second-order valence-corrected chi connectivity index (χ2v) is 1.34. The molecule has 0 rings (SSSR count). The minimum absolute atomic E-state index is 2.00. The highest BCUT2D eigenvalue weighted by atomic mass is 32.3. The van der Waals surface area contributed by atoms with Crippen molar-refractivity contribution in [2.24, 2.45) is 0 Å². The molecular weight excluding hydrogens is 120 g/mol. The van der Waals surface area contributed by atoms with Crippen LogP contribution in [0.4, 0.5) is 0 Å². The quantitative estimate of drug-likeness (QED) is 0.462. The van der Waals surface area contributed by atoms with Gasteiger partial charge in [0.2, 0.25) is 0 Å². The molecule has 7 heavy (non-hydrogen) atoms. The van der Waals surface area contributed by atoms with Crippen LogP contribution < -0.4 is 0 Å². The van der Waals surface area contributed by atoms with Gasteiger partial charge in [0, 0.05) is 0 Å². The Labute approximate surface area is 42.7 Å². The van der Waals surface area contributed by atoms with Crippen molar-refractivity contribution < 1.29 is 17.5 Å². The normalized spacial score (nSPS) is 9.14. The van der Waals surface area contributed by atoms with Crippen molar-refractivity contribution in [2.75, 3.05) is 0 Å². The average Bonchev–Trinajstić information content (AvgIpc) is 1.36. The van der Waals surface area contributed by atoms with Gasteiger partial charge in [0.05, 0.1) is 0 Å². The van der Waals surface area contributed by atoms with E-state index in [-0.39, 0.29) is 0 Å². The molecule has 0 radical (unpaired) electrons. The molecule has 0 bridgehead atoms. The summed E-state index contributed by atoms with van der Waals surface area (Å²) in [6, 6.07) is 0. The van der Waals surface area contributed by atoms with Gasteiger partial charge in [-0.2, -0.15) is 8.42 Å². The third-order valence-corrected chi connectivity index (χ3v) is 0. The molecule has 4 nitrogen and oxygen atoms in total. The maximum Gasteiger partial charge on any atom is 0.394 e. The van der Waals surface area contributed by atoms with Gasteiger partial charge in [-0.05, 0) is 0 Å². The van der Waals surface area contributed by atoms with E-state index >= 15 is 0 Å². The Kier molecular flexibility index (Phi) is 5.76. The molecular formula is C2H8O4S. The fourth-order valence-electron chi connectivity index (χ4n) is 0. The summed E-state index contributed by atoms with van der Waals surface area (Å²) in [5.41, 5.74) is 0. The van der Waals surface area contributed by atoms with Crippen molar-refractivity contribution >= 4 is 10.4 Å². The number of hydrogen-bond donors (Lipinski definition) is 2. The largest absolute Gasteiger partial charge is 0.394 e. The lowest BCUT2D eigenvalue weighted by Gasteiger charge is -1.68. The highest BCUT2D eigenvalue weighted by Gasteiger charge is 1.84. The van der Waals surface area contributed by atoms with E-state index < -0.39 is 10.4 Å². The SMILES string of the molecule is CC.O=S(=O)(O)O. The van der Waals surface area contributed by atoms with E-state index in [1.54, 1.807) is 0 Å². The van der Waals surface area contributed by atoms with Gasteiger partial charge >= 0.3 is 10.4 Å². The fraction of sp³-hybridized carbons (Fsp3) is 1.00. The van der Waals surface area contributed by atoms with Crippen LogP contribution in [0.15, 0.2) is 0 Å². The summed E-state index contributed by atoms with van der Waals surface area (Å²) < 4.78 is 31.6. The van der Waals surface area contributed by atoms with E-state index in [9.17, 15) is 0 Å². The molecule has 0 aliphatic rings. The molecule has 2 N–H and O–H groups in total. The summed E-state index contributed by atoms with van der Waals surface area (Å²) in [5, 5.41) is 0. The molecule has 0 aromatic rings. The molecule has 0 aromatic heterocycles. The molecule has 0 spiro atoms. The molecule has 0 aliphatic heterocycles. The summed E-state index contributed by atoms with van der Waals surface area (Å²) in [4.78, 5) is 0. The molecule has 0 heterocycles. The molecule has 0 saturated heterocycles. The van der Waals surface area contributed by atoms with Gasteiger partial charge in [-0.1, -0.05) is 13.8 Å². The molecule has 0 fully saturated rings. The predicted molar refractivity (Wildman–Crippen MR) is 25.5 cm³/mol. The van der Waals surface area contributed by atoms with Crippen molar-refractivity contribution in [2.45, 2.75) is 13.8 Å². The molecule has 0 aromatic carbocycles. The van der Waals surface area contributed by atoms with E-state index in [1.165, 1.54) is 0 Å². The first-order valence-electron chi connectivity index (χ1n) is 1.70. The van der Waals surface area contributed by atoms with Crippen LogP contribution in [0.2, 0.25) is 0 Å². The first kappa shape index (κ1) is 9.98. The van der Waals surface area contributed by atoms with Gasteiger partial charge in [0.15, 0.2) is 0 Å². The van der Waals surface area contributed by atoms with Crippen molar-refractivity contribution in [1.82, 2.24) is 0 Å². The predicted octanol–water partition coefficient (Wildman–Crippen LogP) is 0.373. The lowest BCUT2D eigenvalue weighted by atomic mass is 11.0. The Hall–Kier alpha value is -0.130. The summed E-state index contributed by atoms with van der Waals surface area (Å²) in [7, 11) is -4.67. The topological polar surface area (TPSA) is 74.6 Å². The zero-order valence-corrected chi connectivity index (χ0v) is 4.94. The minimum atomic E-state index is -4.67. The van der Waals surface area contributed by atoms with Crippen LogP contribution in [0.25, 0.3) is 0 Å². The molecule has 0 amide bonds. The summed E-state index contributed by atoms with van der Waals surface area (Å²) >= 11 is 0. The van der Waals surface area contributed by atoms with Gasteiger partial charge in [-0.25, -0.2) is 0 Å². The standard InChI is InChI=1S/C2H6.H2O4S/c1-2;1-5(2,3)4/h1-2H3;(H2,1,2,3,4). The van der Waals surface area contributed by atoms with E-state index in [2.05, 4.69) is 0 Å². The van der Waals surface area contributed by atoms with Gasteiger partial charge in [-0.3, -0.25) is 9.11 Å². The maximum atomic E-state index is 8.74. The first-order valence-corrected chi connectivity index (χ1v) is 3.10. The van der Waals surface area contributed by atoms with Crippen LogP contribution in [-0.4, -0.2) is 17.5 Å². The second kappa shape index (κ2) is 4.04. The maximum absolute atomic E-state index is 8.74. The first-order chi connectivity index (χ1) is 3.00. The van der Waals surface area contributed by atoms with Crippen LogP contribution in [0.1, 0.15) is 13.8 Å². The van der Waals surface area contributed by atoms with Crippen molar-refractivity contribution in [3.8, 4) is 0 Å². The lowest BCUT2D eigenvalue weighted by Crippen LogP contribution is -1.89. The number of hydrogen-bond acceptors (Lipinski definition) is 2. The van der Waals surface area contributed by atoms with E-state index in [0.29, 0.717) is 0 Å². The van der Waals surface area contributed by atoms with Crippen LogP contribution in [0, 0.1) is 0 Å². The Morgan fingerprint density at radius 3 is 1.14 bits per heavy atom. The zero-order valence-electron chi connectivity index (χ0n) is 4.12. The smallest absolute Gasteiger partial charge is 0.264 e. The van der Waals surface area contributed by atoms with E-state index in [1.807, 2.05) is 13.8 Å². The van der Waals surface area contributed by atoms with E-state index in [0.717, 1.165) is 0 Å². The van der Waals surface area contributed by atoms with Gasteiger partial charge in [0.1, 0.15) is 0 Å². The third-order valence-electron chi connectivity index (χ3n) is 0. The molecule has 5 heteroatoms. The molecule has 0 aliphatic carbocycles. The molecule has 0 unspecified atom stereocenters. The molecule has 46 valence electrons. The highest BCUT2D eigenvalue weighted by molar-refractivity contribution is 7.79. The summed E-state index contributed by atoms with van der Waals surface area (Å²) in [5.74, 6) is 0. The van der Waals surface area contributed by atoms with Crippen LogP contribution >= 0.6 is 0 Å². The highest BCUT2D eigenvalue weighted by Crippen LogP contribution is 1.59. The van der Waals surface area contributed by atoms with Crippen LogP contribution in [0.3, 0.4) is 0 Å². The average molecular weight is 128 g/mol. The van der Waals surface area contributed by atoms with Crippen molar-refractivity contribution in [1.29, 1.82) is 0 Å². The molecule has 0 saturated carbocycles. The minimum Gasteiger partial charge on any atom is -0.264 e. The van der Waals surface area contributed by atoms with Gasteiger partial charge in [-0.15, -0.1) is 0 Å².